The standard InChI is InChI=1S/C15H22F2N4O.C5H11NO2.C2H6/c1-10-11(18)19-13(20(2)12(10)22)21-7-5-14(6-8-21)3-4-15(16,17)9-14;1-5(2,3)8-4(6)7;1-2/h3-9,18H2,1-2H3;1-3H3,(H2,6,7);1-2H3. The fourth-order valence-electron chi connectivity index (χ4n) is 4.08. The first kappa shape index (κ1) is 27.6. The molecule has 10 heteroatoms. The predicted molar refractivity (Wildman–Crippen MR) is 123 cm³/mol. The number of nitrogens with two attached hydrogens (primary N) is 2. The molecule has 1 amide bonds. The van der Waals surface area contributed by atoms with E-state index in [0.29, 0.717) is 43.9 Å². The Morgan fingerprint density at radius 2 is 1.66 bits per heavy atom. The minimum atomic E-state index is -2.51. The number of nitrogens with zero attached hydrogens (tertiary/aromatic N) is 3. The molecule has 2 fully saturated rings. The van der Waals surface area contributed by atoms with Crippen LogP contribution in [-0.2, 0) is 11.8 Å². The van der Waals surface area contributed by atoms with Gasteiger partial charge < -0.3 is 21.1 Å². The maximum atomic E-state index is 13.5. The molecule has 2 heterocycles. The van der Waals surface area contributed by atoms with Crippen LogP contribution in [-0.4, -0.2) is 40.3 Å². The van der Waals surface area contributed by atoms with Crippen LogP contribution in [0, 0.1) is 12.3 Å². The molecule has 184 valence electrons. The number of hydrogen-bond acceptors (Lipinski definition) is 6. The van der Waals surface area contributed by atoms with Crippen molar-refractivity contribution in [1.29, 1.82) is 0 Å². The summed E-state index contributed by atoms with van der Waals surface area (Å²) < 4.78 is 33.1. The number of anilines is 2. The summed E-state index contributed by atoms with van der Waals surface area (Å²) in [5, 5.41) is 0. The van der Waals surface area contributed by atoms with Gasteiger partial charge in [0, 0.05) is 33.0 Å². The van der Waals surface area contributed by atoms with E-state index in [9.17, 15) is 18.4 Å². The molecule has 2 aliphatic rings. The Bertz CT molecular complexity index is 841. The number of halogens is 2. The van der Waals surface area contributed by atoms with Crippen molar-refractivity contribution >= 4 is 17.9 Å². The third kappa shape index (κ3) is 7.34. The number of rotatable bonds is 1. The van der Waals surface area contributed by atoms with Gasteiger partial charge in [-0.25, -0.2) is 13.6 Å². The van der Waals surface area contributed by atoms with Crippen molar-refractivity contribution in [1.82, 2.24) is 9.55 Å². The van der Waals surface area contributed by atoms with Gasteiger partial charge in [0.15, 0.2) is 0 Å². The predicted octanol–water partition coefficient (Wildman–Crippen LogP) is 3.98. The maximum Gasteiger partial charge on any atom is 0.405 e. The SMILES string of the molecule is CC.CC(C)(C)OC(N)=O.Cc1c(N)nc(N2CCC3(CC2)CCC(F)(F)C3)n(C)c1=O. The van der Waals surface area contributed by atoms with Gasteiger partial charge in [0.2, 0.25) is 11.9 Å². The van der Waals surface area contributed by atoms with E-state index in [0.717, 1.165) is 0 Å². The van der Waals surface area contributed by atoms with E-state index in [1.165, 1.54) is 4.57 Å². The van der Waals surface area contributed by atoms with Crippen molar-refractivity contribution in [2.24, 2.45) is 18.2 Å². The third-order valence-electron chi connectivity index (χ3n) is 5.70. The summed E-state index contributed by atoms with van der Waals surface area (Å²) >= 11 is 0. The summed E-state index contributed by atoms with van der Waals surface area (Å²) in [5.41, 5.74) is 10.1. The zero-order valence-corrected chi connectivity index (χ0v) is 20.4. The molecule has 4 N–H and O–H groups in total. The van der Waals surface area contributed by atoms with Crippen molar-refractivity contribution < 1.29 is 18.3 Å². The Kier molecular flexibility index (Phi) is 9.06. The molecule has 32 heavy (non-hydrogen) atoms. The van der Waals surface area contributed by atoms with Gasteiger partial charge in [0.05, 0.1) is 5.56 Å². The number of nitrogen functional groups attached to an aromatic ring is 1. The fraction of sp³-hybridized carbons (Fsp3) is 0.773. The molecule has 0 aromatic carbocycles. The van der Waals surface area contributed by atoms with Crippen LogP contribution in [0.25, 0.3) is 0 Å². The number of alkyl halides is 2. The van der Waals surface area contributed by atoms with E-state index in [1.54, 1.807) is 34.7 Å². The van der Waals surface area contributed by atoms with Crippen LogP contribution in [0.5, 0.6) is 0 Å². The van der Waals surface area contributed by atoms with Crippen LogP contribution in [0.2, 0.25) is 0 Å². The Morgan fingerprint density at radius 1 is 1.12 bits per heavy atom. The average Bonchev–Trinajstić information content (AvgIpc) is 2.98. The third-order valence-corrected chi connectivity index (χ3v) is 5.70. The minimum Gasteiger partial charge on any atom is -0.444 e. The number of carbonyl (C=O) groups excluding carboxylic acids is 1. The molecule has 1 spiro atoms. The van der Waals surface area contributed by atoms with Crippen LogP contribution in [0.15, 0.2) is 4.79 Å². The molecule has 0 radical (unpaired) electrons. The van der Waals surface area contributed by atoms with E-state index in [4.69, 9.17) is 11.5 Å². The zero-order valence-electron chi connectivity index (χ0n) is 20.4. The van der Waals surface area contributed by atoms with Crippen LogP contribution < -0.4 is 21.9 Å². The highest BCUT2D eigenvalue weighted by molar-refractivity contribution is 5.65. The molecule has 1 saturated heterocycles. The first-order valence-corrected chi connectivity index (χ1v) is 11.1. The molecule has 0 unspecified atom stereocenters. The number of primary amides is 1. The van der Waals surface area contributed by atoms with Gasteiger partial charge in [-0.2, -0.15) is 4.98 Å². The van der Waals surface area contributed by atoms with E-state index >= 15 is 0 Å². The molecule has 1 aliphatic carbocycles. The highest BCUT2D eigenvalue weighted by Crippen LogP contribution is 2.52. The lowest BCUT2D eigenvalue weighted by atomic mass is 9.77. The van der Waals surface area contributed by atoms with E-state index in [2.05, 4.69) is 9.72 Å². The maximum absolute atomic E-state index is 13.5. The highest BCUT2D eigenvalue weighted by Gasteiger charge is 2.50. The molecule has 0 bridgehead atoms. The van der Waals surface area contributed by atoms with E-state index in [-0.39, 0.29) is 29.6 Å². The van der Waals surface area contributed by atoms with E-state index < -0.39 is 17.6 Å². The van der Waals surface area contributed by atoms with Crippen molar-refractivity contribution in [2.75, 3.05) is 23.7 Å². The normalized spacial score (nSPS) is 18.8. The van der Waals surface area contributed by atoms with Gasteiger partial charge in [-0.15, -0.1) is 0 Å². The lowest BCUT2D eigenvalue weighted by Gasteiger charge is -2.40. The molecule has 1 aliphatic heterocycles. The second-order valence-corrected chi connectivity index (χ2v) is 9.34. The summed E-state index contributed by atoms with van der Waals surface area (Å²) in [5.74, 6) is -1.74. The van der Waals surface area contributed by atoms with Crippen LogP contribution in [0.1, 0.15) is 72.3 Å². The van der Waals surface area contributed by atoms with E-state index in [1.807, 2.05) is 18.7 Å². The molecule has 3 rings (SSSR count). The summed E-state index contributed by atoms with van der Waals surface area (Å²) in [7, 11) is 1.67. The van der Waals surface area contributed by atoms with Gasteiger partial charge in [0.25, 0.3) is 5.56 Å². The van der Waals surface area contributed by atoms with Crippen LogP contribution in [0.4, 0.5) is 25.3 Å². The van der Waals surface area contributed by atoms with Gasteiger partial charge in [-0.05, 0) is 52.4 Å². The van der Waals surface area contributed by atoms with Crippen molar-refractivity contribution in [3.8, 4) is 0 Å². The Morgan fingerprint density at radius 3 is 2.03 bits per heavy atom. The second kappa shape index (κ2) is 10.5. The fourth-order valence-corrected chi connectivity index (χ4v) is 4.08. The van der Waals surface area contributed by atoms with Gasteiger partial charge in [-0.3, -0.25) is 9.36 Å². The summed E-state index contributed by atoms with van der Waals surface area (Å²) in [4.78, 5) is 28.4. The van der Waals surface area contributed by atoms with Crippen molar-refractivity contribution in [3.63, 3.8) is 0 Å². The molecule has 0 atom stereocenters. The number of hydrogen-bond donors (Lipinski definition) is 2. The average molecular weight is 460 g/mol. The van der Waals surface area contributed by atoms with Crippen molar-refractivity contribution in [2.45, 2.75) is 85.2 Å². The largest absolute Gasteiger partial charge is 0.444 e. The zero-order chi connectivity index (χ0) is 24.9. The first-order chi connectivity index (χ1) is 14.6. The summed E-state index contributed by atoms with van der Waals surface area (Å²) in [6.07, 6.45) is 1.30. The number of aromatic nitrogens is 2. The molecule has 1 saturated carbocycles. The van der Waals surface area contributed by atoms with Gasteiger partial charge in [0.1, 0.15) is 11.4 Å². The number of amides is 1. The first-order valence-electron chi connectivity index (χ1n) is 11.1. The Balaban J connectivity index is 0.000000436. The quantitative estimate of drug-likeness (QED) is 0.656. The minimum absolute atomic E-state index is 0.00121. The molecular formula is C22H39F2N5O3. The lowest BCUT2D eigenvalue weighted by Crippen LogP contribution is -2.42. The smallest absolute Gasteiger partial charge is 0.405 e. The topological polar surface area (TPSA) is 116 Å². The van der Waals surface area contributed by atoms with Crippen LogP contribution >= 0.6 is 0 Å². The molecule has 8 nitrogen and oxygen atoms in total. The molecular weight excluding hydrogens is 420 g/mol. The summed E-state index contributed by atoms with van der Waals surface area (Å²) in [6, 6.07) is 0. The molecule has 1 aromatic rings. The summed E-state index contributed by atoms with van der Waals surface area (Å²) in [6.45, 7) is 12.2. The second-order valence-electron chi connectivity index (χ2n) is 9.34. The number of piperidine rings is 1. The van der Waals surface area contributed by atoms with Crippen LogP contribution in [0.3, 0.4) is 0 Å². The number of carbonyl (C=O) groups is 1. The van der Waals surface area contributed by atoms with Gasteiger partial charge >= 0.3 is 6.09 Å². The van der Waals surface area contributed by atoms with Gasteiger partial charge in [-0.1, -0.05) is 13.8 Å². The number of ether oxygens (including phenoxy) is 1. The lowest BCUT2D eigenvalue weighted by molar-refractivity contribution is -0.00687. The highest BCUT2D eigenvalue weighted by atomic mass is 19.3. The molecule has 1 aromatic heterocycles. The Hall–Kier alpha value is -2.39. The monoisotopic (exact) mass is 459 g/mol. The Labute approximate surface area is 189 Å². The van der Waals surface area contributed by atoms with Crippen molar-refractivity contribution in [3.05, 3.63) is 15.9 Å².